The van der Waals surface area contributed by atoms with Crippen molar-refractivity contribution in [3.8, 4) is 0 Å². The van der Waals surface area contributed by atoms with Crippen molar-refractivity contribution in [3.05, 3.63) is 40.9 Å². The molecular formula is C18H20ClN7. The van der Waals surface area contributed by atoms with Gasteiger partial charge in [0, 0.05) is 30.2 Å². The van der Waals surface area contributed by atoms with Crippen LogP contribution in [-0.4, -0.2) is 39.6 Å². The fourth-order valence-corrected chi connectivity index (χ4v) is 4.11. The van der Waals surface area contributed by atoms with Crippen LogP contribution in [0.3, 0.4) is 0 Å². The van der Waals surface area contributed by atoms with Crippen molar-refractivity contribution in [2.45, 2.75) is 24.8 Å². The van der Waals surface area contributed by atoms with Gasteiger partial charge < -0.3 is 20.9 Å². The number of H-pyrrole nitrogens is 1. The fraction of sp³-hybridized carbons (Fsp3) is 0.389. The second kappa shape index (κ2) is 5.82. The zero-order valence-corrected chi connectivity index (χ0v) is 15.1. The molecule has 2 aromatic heterocycles. The van der Waals surface area contributed by atoms with Gasteiger partial charge in [-0.05, 0) is 37.5 Å². The number of piperidine rings is 1. The molecule has 26 heavy (non-hydrogen) atoms. The number of benzene rings is 1. The summed E-state index contributed by atoms with van der Waals surface area (Å²) in [5, 5.41) is 4.01. The average Bonchev–Trinajstić information content (AvgIpc) is 3.28. The number of nitrogens with zero attached hydrogens (tertiary/aromatic N) is 4. The van der Waals surface area contributed by atoms with E-state index in [0.29, 0.717) is 5.02 Å². The molecule has 0 aliphatic carbocycles. The van der Waals surface area contributed by atoms with E-state index in [0.717, 1.165) is 67.4 Å². The van der Waals surface area contributed by atoms with Crippen molar-refractivity contribution in [2.75, 3.05) is 29.9 Å². The number of halogens is 1. The molecule has 2 aliphatic rings. The lowest BCUT2D eigenvalue weighted by Gasteiger charge is -2.39. The van der Waals surface area contributed by atoms with Crippen LogP contribution in [0, 0.1) is 0 Å². The van der Waals surface area contributed by atoms with Gasteiger partial charge in [-0.3, -0.25) is 0 Å². The first kappa shape index (κ1) is 15.8. The summed E-state index contributed by atoms with van der Waals surface area (Å²) in [6.07, 6.45) is 4.24. The Balaban J connectivity index is 1.39. The van der Waals surface area contributed by atoms with Gasteiger partial charge in [0.05, 0.1) is 16.6 Å². The highest BCUT2D eigenvalue weighted by atomic mass is 35.5. The lowest BCUT2D eigenvalue weighted by Crippen LogP contribution is -2.49. The third-order valence-corrected chi connectivity index (χ3v) is 5.70. The van der Waals surface area contributed by atoms with E-state index in [-0.39, 0.29) is 0 Å². The van der Waals surface area contributed by atoms with Gasteiger partial charge in [-0.15, -0.1) is 0 Å². The lowest BCUT2D eigenvalue weighted by molar-refractivity contribution is 0.326. The number of hydrogen-bond acceptors (Lipinski definition) is 6. The van der Waals surface area contributed by atoms with Crippen LogP contribution in [0.4, 0.5) is 11.6 Å². The summed E-state index contributed by atoms with van der Waals surface area (Å²) in [4.78, 5) is 19.3. The normalized spacial score (nSPS) is 18.8. The Morgan fingerprint density at radius 1 is 1.19 bits per heavy atom. The van der Waals surface area contributed by atoms with Crippen molar-refractivity contribution >= 4 is 34.3 Å². The highest BCUT2D eigenvalue weighted by Crippen LogP contribution is 2.35. The molecule has 2 aliphatic heterocycles. The molecule has 7 nitrogen and oxygen atoms in total. The molecule has 0 unspecified atom stereocenters. The van der Waals surface area contributed by atoms with Crippen LogP contribution in [0.2, 0.25) is 5.02 Å². The Bertz CT molecular complexity index is 975. The van der Waals surface area contributed by atoms with E-state index in [1.165, 1.54) is 5.56 Å². The number of nitrogens with one attached hydrogen (secondary N) is 2. The summed E-state index contributed by atoms with van der Waals surface area (Å²) in [6, 6.07) is 5.67. The number of imidazole rings is 1. The maximum Gasteiger partial charge on any atom is 0.137 e. The summed E-state index contributed by atoms with van der Waals surface area (Å²) in [5.74, 6) is 2.84. The summed E-state index contributed by atoms with van der Waals surface area (Å²) in [6.45, 7) is 2.62. The van der Waals surface area contributed by atoms with Gasteiger partial charge in [-0.25, -0.2) is 15.0 Å². The number of rotatable bonds is 2. The molecule has 0 atom stereocenters. The Hall–Kier alpha value is -2.38. The number of anilines is 2. The van der Waals surface area contributed by atoms with Gasteiger partial charge in [0.15, 0.2) is 0 Å². The summed E-state index contributed by atoms with van der Waals surface area (Å²) >= 11 is 6.08. The topological polar surface area (TPSA) is 95.8 Å². The van der Waals surface area contributed by atoms with Gasteiger partial charge >= 0.3 is 0 Å². The van der Waals surface area contributed by atoms with Crippen LogP contribution in [0.25, 0.3) is 11.0 Å². The number of fused-ring (bicyclic) bond motifs is 2. The smallest absolute Gasteiger partial charge is 0.137 e. The average molecular weight is 370 g/mol. The van der Waals surface area contributed by atoms with E-state index in [4.69, 9.17) is 22.3 Å². The molecule has 4 N–H and O–H groups in total. The van der Waals surface area contributed by atoms with Crippen LogP contribution in [-0.2, 0) is 12.0 Å². The third kappa shape index (κ3) is 2.50. The number of aromatic amines is 1. The molecular weight excluding hydrogens is 350 g/mol. The highest BCUT2D eigenvalue weighted by molar-refractivity contribution is 6.31. The standard InChI is InChI=1S/C18H20ClN7/c19-11-1-2-13-14(9-11)25-17(24-13)18(20)4-7-26(8-5-18)16-12-3-6-21-15(12)22-10-23-16/h1-2,9-10H,3-8,20H2,(H,24,25)(H,21,22,23). The van der Waals surface area contributed by atoms with E-state index in [1.54, 1.807) is 6.33 Å². The molecule has 1 aromatic carbocycles. The molecule has 8 heteroatoms. The molecule has 134 valence electrons. The summed E-state index contributed by atoms with van der Waals surface area (Å²) in [7, 11) is 0. The maximum atomic E-state index is 6.74. The van der Waals surface area contributed by atoms with Crippen molar-refractivity contribution in [3.63, 3.8) is 0 Å². The van der Waals surface area contributed by atoms with Crippen LogP contribution in [0.5, 0.6) is 0 Å². The minimum Gasteiger partial charge on any atom is -0.369 e. The molecule has 0 saturated carbocycles. The van der Waals surface area contributed by atoms with Crippen molar-refractivity contribution in [1.82, 2.24) is 19.9 Å². The molecule has 4 heterocycles. The molecule has 3 aromatic rings. The van der Waals surface area contributed by atoms with Crippen LogP contribution in [0.15, 0.2) is 24.5 Å². The molecule has 5 rings (SSSR count). The van der Waals surface area contributed by atoms with Gasteiger partial charge in [0.25, 0.3) is 0 Å². The zero-order chi connectivity index (χ0) is 17.7. The first-order valence-corrected chi connectivity index (χ1v) is 9.27. The highest BCUT2D eigenvalue weighted by Gasteiger charge is 2.36. The van der Waals surface area contributed by atoms with Gasteiger partial charge in [-0.1, -0.05) is 11.6 Å². The molecule has 1 saturated heterocycles. The number of aromatic nitrogens is 4. The quantitative estimate of drug-likeness (QED) is 0.642. The predicted octanol–water partition coefficient (Wildman–Crippen LogP) is 2.43. The van der Waals surface area contributed by atoms with E-state index in [2.05, 4.69) is 25.2 Å². The third-order valence-electron chi connectivity index (χ3n) is 5.46. The molecule has 0 radical (unpaired) electrons. The van der Waals surface area contributed by atoms with Crippen molar-refractivity contribution in [2.24, 2.45) is 5.73 Å². The van der Waals surface area contributed by atoms with Crippen LogP contribution in [0.1, 0.15) is 24.2 Å². The molecule has 0 bridgehead atoms. The van der Waals surface area contributed by atoms with E-state index in [1.807, 2.05) is 18.2 Å². The lowest BCUT2D eigenvalue weighted by atomic mass is 9.87. The van der Waals surface area contributed by atoms with Gasteiger partial charge in [0.2, 0.25) is 0 Å². The molecule has 1 fully saturated rings. The maximum absolute atomic E-state index is 6.74. The van der Waals surface area contributed by atoms with Crippen molar-refractivity contribution < 1.29 is 0 Å². The van der Waals surface area contributed by atoms with E-state index in [9.17, 15) is 0 Å². The minimum absolute atomic E-state index is 0.462. The first-order chi connectivity index (χ1) is 12.6. The van der Waals surface area contributed by atoms with Crippen LogP contribution >= 0.6 is 11.6 Å². The van der Waals surface area contributed by atoms with E-state index >= 15 is 0 Å². The zero-order valence-electron chi connectivity index (χ0n) is 14.3. The number of hydrogen-bond donors (Lipinski definition) is 3. The predicted molar refractivity (Wildman–Crippen MR) is 103 cm³/mol. The largest absolute Gasteiger partial charge is 0.369 e. The minimum atomic E-state index is -0.462. The van der Waals surface area contributed by atoms with Gasteiger partial charge in [0.1, 0.15) is 23.8 Å². The summed E-state index contributed by atoms with van der Waals surface area (Å²) < 4.78 is 0. The summed E-state index contributed by atoms with van der Waals surface area (Å²) in [5.41, 5.74) is 9.32. The fourth-order valence-electron chi connectivity index (χ4n) is 3.94. The van der Waals surface area contributed by atoms with Crippen molar-refractivity contribution in [1.29, 1.82) is 0 Å². The Kier molecular flexibility index (Phi) is 3.55. The molecule has 0 amide bonds. The first-order valence-electron chi connectivity index (χ1n) is 8.90. The monoisotopic (exact) mass is 369 g/mol. The van der Waals surface area contributed by atoms with Gasteiger partial charge in [-0.2, -0.15) is 0 Å². The Morgan fingerprint density at radius 3 is 2.88 bits per heavy atom. The van der Waals surface area contributed by atoms with E-state index < -0.39 is 5.54 Å². The Labute approximate surface area is 156 Å². The second-order valence-electron chi connectivity index (χ2n) is 7.09. The Morgan fingerprint density at radius 2 is 2.04 bits per heavy atom. The SMILES string of the molecule is NC1(c2nc3ccc(Cl)cc3[nH]2)CCN(c2ncnc3c2CCN3)CC1. The van der Waals surface area contributed by atoms with Crippen LogP contribution < -0.4 is 16.0 Å². The second-order valence-corrected chi connectivity index (χ2v) is 7.53. The molecule has 0 spiro atoms. The number of nitrogens with two attached hydrogens (primary N) is 1.